The lowest BCUT2D eigenvalue weighted by molar-refractivity contribution is 0.218. The Morgan fingerprint density at radius 2 is 2.27 bits per heavy atom. The first-order chi connectivity index (χ1) is 7.16. The Kier molecular flexibility index (Phi) is 2.98. The molecule has 3 nitrogen and oxygen atoms in total. The van der Waals surface area contributed by atoms with Crippen molar-refractivity contribution in [1.82, 2.24) is 9.55 Å². The molecule has 0 atom stereocenters. The average molecular weight is 207 g/mol. The molecule has 0 unspecified atom stereocenters. The van der Waals surface area contributed by atoms with Crippen molar-refractivity contribution in [3.8, 4) is 0 Å². The van der Waals surface area contributed by atoms with Crippen LogP contribution in [0, 0.1) is 11.8 Å². The first-order valence-electron chi connectivity index (χ1n) is 5.93. The highest BCUT2D eigenvalue weighted by molar-refractivity contribution is 5.27. The fourth-order valence-electron chi connectivity index (χ4n) is 2.13. The van der Waals surface area contributed by atoms with E-state index in [1.54, 1.807) is 0 Å². The smallest absolute Gasteiger partial charge is 0.203 e. The number of nitrogens with one attached hydrogen (secondary N) is 1. The molecule has 0 amide bonds. The molecule has 1 fully saturated rings. The Morgan fingerprint density at radius 1 is 1.53 bits per heavy atom. The maximum Gasteiger partial charge on any atom is 0.203 e. The number of hydrogen-bond donors (Lipinski definition) is 1. The Hall–Kier alpha value is -0.990. The van der Waals surface area contributed by atoms with Crippen molar-refractivity contribution in [2.24, 2.45) is 11.8 Å². The zero-order valence-corrected chi connectivity index (χ0v) is 9.90. The van der Waals surface area contributed by atoms with Crippen LogP contribution in [0.2, 0.25) is 0 Å². The highest BCUT2D eigenvalue weighted by atomic mass is 15.2. The Morgan fingerprint density at radius 3 is 2.87 bits per heavy atom. The van der Waals surface area contributed by atoms with Crippen LogP contribution in [0.5, 0.6) is 0 Å². The lowest BCUT2D eigenvalue weighted by Gasteiger charge is -2.34. The number of imidazole rings is 1. The van der Waals surface area contributed by atoms with Crippen molar-refractivity contribution in [2.45, 2.75) is 39.7 Å². The van der Waals surface area contributed by atoms with Gasteiger partial charge in [-0.2, -0.15) is 0 Å². The molecule has 0 aliphatic heterocycles. The summed E-state index contributed by atoms with van der Waals surface area (Å²) in [5.41, 5.74) is 0. The van der Waals surface area contributed by atoms with E-state index in [0.717, 1.165) is 18.4 Å². The van der Waals surface area contributed by atoms with E-state index >= 15 is 0 Å². The van der Waals surface area contributed by atoms with Gasteiger partial charge in [0.05, 0.1) is 0 Å². The lowest BCUT2D eigenvalue weighted by Crippen LogP contribution is -2.26. The van der Waals surface area contributed by atoms with Crippen LogP contribution in [0.25, 0.3) is 0 Å². The summed E-state index contributed by atoms with van der Waals surface area (Å²) in [6.07, 6.45) is 6.59. The van der Waals surface area contributed by atoms with Gasteiger partial charge in [-0.3, -0.25) is 0 Å². The fourth-order valence-corrected chi connectivity index (χ4v) is 2.13. The molecule has 1 aliphatic carbocycles. The van der Waals surface area contributed by atoms with E-state index < -0.39 is 0 Å². The minimum absolute atomic E-state index is 0.662. The zero-order valence-electron chi connectivity index (χ0n) is 9.90. The van der Waals surface area contributed by atoms with Gasteiger partial charge in [-0.15, -0.1) is 0 Å². The van der Waals surface area contributed by atoms with E-state index in [1.807, 2.05) is 6.20 Å². The minimum atomic E-state index is 0.662. The van der Waals surface area contributed by atoms with Crippen molar-refractivity contribution in [3.05, 3.63) is 12.4 Å². The average Bonchev–Trinajstić information content (AvgIpc) is 2.57. The van der Waals surface area contributed by atoms with E-state index in [4.69, 9.17) is 0 Å². The van der Waals surface area contributed by atoms with Crippen LogP contribution in [0.15, 0.2) is 12.4 Å². The van der Waals surface area contributed by atoms with Gasteiger partial charge in [0.15, 0.2) is 0 Å². The number of hydrogen-bond acceptors (Lipinski definition) is 2. The maximum atomic E-state index is 4.37. The van der Waals surface area contributed by atoms with Crippen LogP contribution in [-0.4, -0.2) is 16.1 Å². The van der Waals surface area contributed by atoms with E-state index in [9.17, 15) is 0 Å². The van der Waals surface area contributed by atoms with Crippen LogP contribution in [0.4, 0.5) is 5.95 Å². The van der Waals surface area contributed by atoms with Gasteiger partial charge >= 0.3 is 0 Å². The van der Waals surface area contributed by atoms with Gasteiger partial charge in [0.25, 0.3) is 0 Å². The van der Waals surface area contributed by atoms with E-state index in [0.29, 0.717) is 12.0 Å². The van der Waals surface area contributed by atoms with Crippen LogP contribution in [0.1, 0.15) is 39.7 Å². The number of aromatic nitrogens is 2. The van der Waals surface area contributed by atoms with Crippen molar-refractivity contribution in [3.63, 3.8) is 0 Å². The molecule has 1 aromatic heterocycles. The molecule has 1 aliphatic rings. The third-order valence-electron chi connectivity index (χ3n) is 3.08. The standard InChI is InChI=1S/C12H21N3/c1-9(2)8-14-12-13-4-5-15(12)11-6-10(3)7-11/h4-5,9-11H,6-8H2,1-3H3,(H,13,14). The number of rotatable bonds is 4. The number of anilines is 1. The minimum Gasteiger partial charge on any atom is -0.355 e. The van der Waals surface area contributed by atoms with Crippen molar-refractivity contribution >= 4 is 5.95 Å². The third kappa shape index (κ3) is 2.33. The molecule has 1 heterocycles. The predicted molar refractivity (Wildman–Crippen MR) is 63.0 cm³/mol. The first-order valence-corrected chi connectivity index (χ1v) is 5.93. The second kappa shape index (κ2) is 4.25. The highest BCUT2D eigenvalue weighted by Crippen LogP contribution is 2.38. The summed E-state index contributed by atoms with van der Waals surface area (Å²) in [6.45, 7) is 7.74. The monoisotopic (exact) mass is 207 g/mol. The summed E-state index contributed by atoms with van der Waals surface area (Å²) < 4.78 is 2.29. The van der Waals surface area contributed by atoms with Crippen molar-refractivity contribution < 1.29 is 0 Å². The van der Waals surface area contributed by atoms with Gasteiger partial charge in [0, 0.05) is 25.0 Å². The third-order valence-corrected chi connectivity index (χ3v) is 3.08. The summed E-state index contributed by atoms with van der Waals surface area (Å²) in [5.74, 6) is 2.59. The van der Waals surface area contributed by atoms with Gasteiger partial charge in [0.1, 0.15) is 0 Å². The molecule has 0 spiro atoms. The summed E-state index contributed by atoms with van der Waals surface area (Å²) in [4.78, 5) is 4.37. The van der Waals surface area contributed by atoms with E-state index in [2.05, 4.69) is 41.8 Å². The molecule has 84 valence electrons. The van der Waals surface area contributed by atoms with Gasteiger partial charge in [0.2, 0.25) is 5.95 Å². The van der Waals surface area contributed by atoms with Gasteiger partial charge in [-0.05, 0) is 24.7 Å². The zero-order chi connectivity index (χ0) is 10.8. The summed E-state index contributed by atoms with van der Waals surface area (Å²) in [5, 5.41) is 3.41. The fraction of sp³-hybridized carbons (Fsp3) is 0.750. The van der Waals surface area contributed by atoms with Crippen LogP contribution in [0.3, 0.4) is 0 Å². The second-order valence-electron chi connectivity index (χ2n) is 5.16. The topological polar surface area (TPSA) is 29.9 Å². The molecular weight excluding hydrogens is 186 g/mol. The van der Waals surface area contributed by atoms with E-state index in [-0.39, 0.29) is 0 Å². The summed E-state index contributed by atoms with van der Waals surface area (Å²) >= 11 is 0. The molecular formula is C12H21N3. The Balaban J connectivity index is 1.96. The SMILES string of the molecule is CC(C)CNc1nccn1C1CC(C)C1. The molecule has 1 aromatic rings. The lowest BCUT2D eigenvalue weighted by atomic mass is 9.82. The van der Waals surface area contributed by atoms with Gasteiger partial charge < -0.3 is 9.88 Å². The van der Waals surface area contributed by atoms with E-state index in [1.165, 1.54) is 12.8 Å². The molecule has 0 bridgehead atoms. The molecule has 0 radical (unpaired) electrons. The second-order valence-corrected chi connectivity index (χ2v) is 5.16. The molecule has 1 N–H and O–H groups in total. The highest BCUT2D eigenvalue weighted by Gasteiger charge is 2.27. The van der Waals surface area contributed by atoms with Gasteiger partial charge in [-0.25, -0.2) is 4.98 Å². The first kappa shape index (κ1) is 10.5. The number of nitrogens with zero attached hydrogens (tertiary/aromatic N) is 2. The molecule has 2 rings (SSSR count). The molecule has 15 heavy (non-hydrogen) atoms. The molecule has 3 heteroatoms. The van der Waals surface area contributed by atoms with Gasteiger partial charge in [-0.1, -0.05) is 20.8 Å². The summed E-state index contributed by atoms with van der Waals surface area (Å²) in [7, 11) is 0. The molecule has 0 saturated heterocycles. The molecule has 0 aromatic carbocycles. The normalized spacial score (nSPS) is 25.3. The largest absolute Gasteiger partial charge is 0.355 e. The Labute approximate surface area is 91.9 Å². The maximum absolute atomic E-state index is 4.37. The predicted octanol–water partition coefficient (Wildman–Crippen LogP) is 2.92. The summed E-state index contributed by atoms with van der Waals surface area (Å²) in [6, 6.07) is 0.678. The van der Waals surface area contributed by atoms with Crippen molar-refractivity contribution in [2.75, 3.05) is 11.9 Å². The Bertz CT molecular complexity index is 310. The molecule has 1 saturated carbocycles. The van der Waals surface area contributed by atoms with Crippen LogP contribution < -0.4 is 5.32 Å². The van der Waals surface area contributed by atoms with Crippen molar-refractivity contribution in [1.29, 1.82) is 0 Å². The van der Waals surface area contributed by atoms with Crippen LogP contribution >= 0.6 is 0 Å². The quantitative estimate of drug-likeness (QED) is 0.822. The van der Waals surface area contributed by atoms with Crippen LogP contribution in [-0.2, 0) is 0 Å².